The minimum atomic E-state index is -1.04. The van der Waals surface area contributed by atoms with E-state index in [1.54, 1.807) is 12.1 Å². The molecule has 1 unspecified atom stereocenters. The molecular weight excluding hydrogens is 159 g/mol. The lowest BCUT2D eigenvalue weighted by Gasteiger charge is -2.02. The van der Waals surface area contributed by atoms with E-state index in [-0.39, 0.29) is 12.2 Å². The summed E-state index contributed by atoms with van der Waals surface area (Å²) < 4.78 is 12.6. The Kier molecular flexibility index (Phi) is 2.94. The van der Waals surface area contributed by atoms with Crippen LogP contribution in [0.5, 0.6) is 0 Å². The van der Waals surface area contributed by atoms with Gasteiger partial charge in [-0.3, -0.25) is 0 Å². The third-order valence-corrected chi connectivity index (χ3v) is 1.49. The highest BCUT2D eigenvalue weighted by atomic mass is 19.1. The van der Waals surface area contributed by atoms with Crippen molar-refractivity contribution in [2.24, 2.45) is 0 Å². The van der Waals surface area contributed by atoms with E-state index in [0.717, 1.165) is 0 Å². The predicted octanol–water partition coefficient (Wildman–Crippen LogP) is 0.928. The van der Waals surface area contributed by atoms with Crippen LogP contribution in [0.3, 0.4) is 0 Å². The number of rotatable bonds is 3. The molecule has 0 fully saturated rings. The lowest BCUT2D eigenvalue weighted by Crippen LogP contribution is -2.11. The highest BCUT2D eigenvalue weighted by Gasteiger charge is 2.03. The van der Waals surface area contributed by atoms with E-state index >= 15 is 0 Å². The molecular formula is C9H9FO2. The quantitative estimate of drug-likeness (QED) is 0.681. The van der Waals surface area contributed by atoms with Gasteiger partial charge in [-0.2, -0.15) is 0 Å². The summed E-state index contributed by atoms with van der Waals surface area (Å²) in [5.74, 6) is -0.356. The van der Waals surface area contributed by atoms with Crippen molar-refractivity contribution in [2.45, 2.75) is 12.5 Å². The summed E-state index contributed by atoms with van der Waals surface area (Å²) >= 11 is 0. The number of halogens is 1. The molecule has 1 rings (SSSR count). The number of aliphatic hydroxyl groups excluding tert-OH is 1. The molecule has 0 heterocycles. The molecule has 1 aromatic carbocycles. The Morgan fingerprint density at radius 2 is 2.33 bits per heavy atom. The number of carbonyl (C=O) groups is 1. The zero-order chi connectivity index (χ0) is 8.97. The summed E-state index contributed by atoms with van der Waals surface area (Å²) in [4.78, 5) is 10.1. The lowest BCUT2D eigenvalue weighted by atomic mass is 10.1. The van der Waals surface area contributed by atoms with E-state index in [0.29, 0.717) is 11.8 Å². The zero-order valence-electron chi connectivity index (χ0n) is 6.40. The minimum absolute atomic E-state index is 0.168. The molecule has 12 heavy (non-hydrogen) atoms. The molecule has 0 aliphatic heterocycles. The van der Waals surface area contributed by atoms with Crippen LogP contribution >= 0.6 is 0 Å². The van der Waals surface area contributed by atoms with Crippen molar-refractivity contribution in [3.8, 4) is 0 Å². The number of benzene rings is 1. The maximum Gasteiger partial charge on any atom is 0.148 e. The van der Waals surface area contributed by atoms with Gasteiger partial charge in [0.2, 0.25) is 0 Å². The van der Waals surface area contributed by atoms with Gasteiger partial charge in [0.05, 0.1) is 0 Å². The summed E-state index contributed by atoms with van der Waals surface area (Å²) in [5, 5.41) is 8.91. The largest absolute Gasteiger partial charge is 0.385 e. The number of carbonyl (C=O) groups excluding carboxylic acids is 1. The van der Waals surface area contributed by atoms with Crippen LogP contribution in [0.1, 0.15) is 5.56 Å². The number of hydrogen-bond donors (Lipinski definition) is 1. The van der Waals surface area contributed by atoms with Gasteiger partial charge >= 0.3 is 0 Å². The molecule has 0 saturated heterocycles. The molecule has 0 radical (unpaired) electrons. The van der Waals surface area contributed by atoms with Crippen LogP contribution < -0.4 is 0 Å². The number of hydrogen-bond acceptors (Lipinski definition) is 2. The van der Waals surface area contributed by atoms with Crippen LogP contribution in [0.25, 0.3) is 0 Å². The third kappa shape index (κ3) is 2.43. The second kappa shape index (κ2) is 3.97. The highest BCUT2D eigenvalue weighted by molar-refractivity contribution is 5.56. The average Bonchev–Trinajstić information content (AvgIpc) is 2.04. The Morgan fingerprint density at radius 3 is 2.92 bits per heavy atom. The Balaban J connectivity index is 2.69. The summed E-state index contributed by atoms with van der Waals surface area (Å²) in [6.07, 6.45) is -0.432. The van der Waals surface area contributed by atoms with Gasteiger partial charge in [-0.05, 0) is 17.7 Å². The van der Waals surface area contributed by atoms with E-state index in [4.69, 9.17) is 5.11 Å². The predicted molar refractivity (Wildman–Crippen MR) is 42.2 cm³/mol. The summed E-state index contributed by atoms with van der Waals surface area (Å²) in [7, 11) is 0. The lowest BCUT2D eigenvalue weighted by molar-refractivity contribution is -0.114. The van der Waals surface area contributed by atoms with E-state index in [1.165, 1.54) is 12.1 Å². The molecule has 0 bridgehead atoms. The fraction of sp³-hybridized carbons (Fsp3) is 0.222. The molecule has 0 aliphatic rings. The molecule has 1 atom stereocenters. The van der Waals surface area contributed by atoms with Crippen molar-refractivity contribution in [3.05, 3.63) is 35.6 Å². The van der Waals surface area contributed by atoms with Crippen molar-refractivity contribution < 1.29 is 14.3 Å². The topological polar surface area (TPSA) is 37.3 Å². The summed E-state index contributed by atoms with van der Waals surface area (Å²) in [6, 6.07) is 5.82. The van der Waals surface area contributed by atoms with Gasteiger partial charge in [-0.25, -0.2) is 4.39 Å². The van der Waals surface area contributed by atoms with E-state index in [9.17, 15) is 9.18 Å². The van der Waals surface area contributed by atoms with Crippen LogP contribution in [-0.4, -0.2) is 17.5 Å². The first kappa shape index (κ1) is 8.87. The molecule has 1 aromatic rings. The smallest absolute Gasteiger partial charge is 0.148 e. The molecule has 3 heteroatoms. The maximum absolute atomic E-state index is 12.6. The van der Waals surface area contributed by atoms with Gasteiger partial charge < -0.3 is 9.90 Å². The molecule has 0 aromatic heterocycles. The van der Waals surface area contributed by atoms with Crippen molar-refractivity contribution in [1.29, 1.82) is 0 Å². The first-order valence-corrected chi connectivity index (χ1v) is 3.60. The SMILES string of the molecule is O=CC(O)Cc1cccc(F)c1. The van der Waals surface area contributed by atoms with Crippen LogP contribution in [0.2, 0.25) is 0 Å². The van der Waals surface area contributed by atoms with Gasteiger partial charge in [0, 0.05) is 6.42 Å². The second-order valence-corrected chi connectivity index (χ2v) is 2.54. The molecule has 2 nitrogen and oxygen atoms in total. The van der Waals surface area contributed by atoms with Crippen molar-refractivity contribution in [3.63, 3.8) is 0 Å². The van der Waals surface area contributed by atoms with Crippen LogP contribution in [-0.2, 0) is 11.2 Å². The van der Waals surface area contributed by atoms with Crippen molar-refractivity contribution >= 4 is 6.29 Å². The third-order valence-electron chi connectivity index (χ3n) is 1.49. The second-order valence-electron chi connectivity index (χ2n) is 2.54. The van der Waals surface area contributed by atoms with E-state index in [2.05, 4.69) is 0 Å². The fourth-order valence-electron chi connectivity index (χ4n) is 0.954. The van der Waals surface area contributed by atoms with Gasteiger partial charge in [-0.15, -0.1) is 0 Å². The zero-order valence-corrected chi connectivity index (χ0v) is 6.40. The summed E-state index contributed by atoms with van der Waals surface area (Å²) in [6.45, 7) is 0. The first-order chi connectivity index (χ1) is 5.72. The van der Waals surface area contributed by atoms with Crippen molar-refractivity contribution in [2.75, 3.05) is 0 Å². The van der Waals surface area contributed by atoms with Crippen LogP contribution in [0.4, 0.5) is 4.39 Å². The molecule has 1 N–H and O–H groups in total. The van der Waals surface area contributed by atoms with Gasteiger partial charge in [0.25, 0.3) is 0 Å². The fourth-order valence-corrected chi connectivity index (χ4v) is 0.954. The van der Waals surface area contributed by atoms with Gasteiger partial charge in [-0.1, -0.05) is 12.1 Å². The Morgan fingerprint density at radius 1 is 1.58 bits per heavy atom. The Hall–Kier alpha value is -1.22. The van der Waals surface area contributed by atoms with E-state index < -0.39 is 6.10 Å². The molecule has 64 valence electrons. The molecule has 0 saturated carbocycles. The van der Waals surface area contributed by atoms with Gasteiger partial charge in [0.1, 0.15) is 18.2 Å². The Bertz CT molecular complexity index is 273. The normalized spacial score (nSPS) is 12.5. The standard InChI is InChI=1S/C9H9FO2/c10-8-3-1-2-7(4-8)5-9(12)6-11/h1-4,6,9,12H,5H2. The molecule has 0 amide bonds. The van der Waals surface area contributed by atoms with Crippen molar-refractivity contribution in [1.82, 2.24) is 0 Å². The van der Waals surface area contributed by atoms with Gasteiger partial charge in [0.15, 0.2) is 0 Å². The van der Waals surface area contributed by atoms with Crippen LogP contribution in [0.15, 0.2) is 24.3 Å². The van der Waals surface area contributed by atoms with E-state index in [1.807, 2.05) is 0 Å². The monoisotopic (exact) mass is 168 g/mol. The molecule has 0 aliphatic carbocycles. The minimum Gasteiger partial charge on any atom is -0.385 e. The Labute approximate surface area is 69.6 Å². The molecule has 0 spiro atoms. The highest BCUT2D eigenvalue weighted by Crippen LogP contribution is 2.05. The number of aliphatic hydroxyl groups is 1. The summed E-state index contributed by atoms with van der Waals surface area (Å²) in [5.41, 5.74) is 0.620. The first-order valence-electron chi connectivity index (χ1n) is 3.60. The van der Waals surface area contributed by atoms with Crippen LogP contribution in [0, 0.1) is 5.82 Å². The maximum atomic E-state index is 12.6. The average molecular weight is 168 g/mol. The number of aldehydes is 1.